The zero-order chi connectivity index (χ0) is 18.5. The van der Waals surface area contributed by atoms with Gasteiger partial charge in [0.2, 0.25) is 0 Å². The Morgan fingerprint density at radius 3 is 2.88 bits per heavy atom. The number of aromatic nitrogens is 1. The van der Waals surface area contributed by atoms with Crippen LogP contribution in [0.1, 0.15) is 30.3 Å². The number of phenols is 1. The van der Waals surface area contributed by atoms with Crippen molar-refractivity contribution >= 4 is 34.4 Å². The minimum Gasteiger partial charge on any atom is -0.508 e. The van der Waals surface area contributed by atoms with Crippen LogP contribution in [0.5, 0.6) is 5.75 Å². The quantitative estimate of drug-likeness (QED) is 0.413. The van der Waals surface area contributed by atoms with Crippen LogP contribution in [0.25, 0.3) is 10.6 Å². The van der Waals surface area contributed by atoms with Gasteiger partial charge in [0.05, 0.1) is 22.4 Å². The second kappa shape index (κ2) is 8.57. The Balaban J connectivity index is 1.61. The predicted molar refractivity (Wildman–Crippen MR) is 109 cm³/mol. The molecule has 1 aromatic carbocycles. The molecule has 26 heavy (non-hydrogen) atoms. The van der Waals surface area contributed by atoms with Gasteiger partial charge in [0.25, 0.3) is 0 Å². The third-order valence-corrected chi connectivity index (χ3v) is 5.63. The van der Waals surface area contributed by atoms with Gasteiger partial charge >= 0.3 is 0 Å². The maximum absolute atomic E-state index is 9.42. The number of benzene rings is 1. The van der Waals surface area contributed by atoms with Crippen molar-refractivity contribution in [1.82, 2.24) is 15.7 Å². The lowest BCUT2D eigenvalue weighted by Gasteiger charge is -2.12. The summed E-state index contributed by atoms with van der Waals surface area (Å²) in [4.78, 5) is 5.61. The lowest BCUT2D eigenvalue weighted by atomic mass is 10.2. The average Bonchev–Trinajstić information content (AvgIpc) is 3.28. The highest BCUT2D eigenvalue weighted by atomic mass is 32.1. The van der Waals surface area contributed by atoms with Crippen LogP contribution in [0.2, 0.25) is 0 Å². The molecule has 2 aromatic rings. The van der Waals surface area contributed by atoms with Gasteiger partial charge < -0.3 is 15.2 Å². The number of hydrogen-bond donors (Lipinski definition) is 3. The average molecular weight is 391 g/mol. The SMILES string of the molecule is C/C(=N\NC(=S)NC[C@@H]1CCCO1)c1sc(-c2ccc(O)cc2)nc1C. The third kappa shape index (κ3) is 4.78. The largest absolute Gasteiger partial charge is 0.508 e. The van der Waals surface area contributed by atoms with E-state index >= 15 is 0 Å². The first-order valence-electron chi connectivity index (χ1n) is 8.50. The van der Waals surface area contributed by atoms with E-state index in [0.717, 1.165) is 46.3 Å². The zero-order valence-corrected chi connectivity index (χ0v) is 16.4. The fraction of sp³-hybridized carbons (Fsp3) is 0.389. The van der Waals surface area contributed by atoms with Crippen LogP contribution >= 0.6 is 23.6 Å². The number of aryl methyl sites for hydroxylation is 1. The Kier molecular flexibility index (Phi) is 6.18. The van der Waals surface area contributed by atoms with E-state index in [4.69, 9.17) is 17.0 Å². The zero-order valence-electron chi connectivity index (χ0n) is 14.8. The Morgan fingerprint density at radius 2 is 2.19 bits per heavy atom. The van der Waals surface area contributed by atoms with Crippen LogP contribution in [-0.2, 0) is 4.74 Å². The second-order valence-electron chi connectivity index (χ2n) is 6.13. The maximum atomic E-state index is 9.42. The lowest BCUT2D eigenvalue weighted by molar-refractivity contribution is 0.114. The molecule has 0 saturated carbocycles. The number of ether oxygens (including phenoxy) is 1. The van der Waals surface area contributed by atoms with E-state index < -0.39 is 0 Å². The summed E-state index contributed by atoms with van der Waals surface area (Å²) in [7, 11) is 0. The highest BCUT2D eigenvalue weighted by Crippen LogP contribution is 2.29. The van der Waals surface area contributed by atoms with E-state index in [0.29, 0.717) is 11.7 Å². The van der Waals surface area contributed by atoms with Gasteiger partial charge in [-0.15, -0.1) is 11.3 Å². The Morgan fingerprint density at radius 1 is 1.42 bits per heavy atom. The summed E-state index contributed by atoms with van der Waals surface area (Å²) in [6.07, 6.45) is 2.41. The minimum absolute atomic E-state index is 0.233. The van der Waals surface area contributed by atoms with E-state index in [1.54, 1.807) is 23.5 Å². The molecule has 0 bridgehead atoms. The molecule has 0 spiro atoms. The first-order chi connectivity index (χ1) is 12.5. The molecule has 8 heteroatoms. The van der Waals surface area contributed by atoms with Gasteiger partial charge in [-0.3, -0.25) is 5.43 Å². The van der Waals surface area contributed by atoms with E-state index in [2.05, 4.69) is 20.8 Å². The summed E-state index contributed by atoms with van der Waals surface area (Å²) in [6, 6.07) is 7.03. The molecule has 0 amide bonds. The summed E-state index contributed by atoms with van der Waals surface area (Å²) >= 11 is 6.83. The van der Waals surface area contributed by atoms with Crippen molar-refractivity contribution in [2.24, 2.45) is 5.10 Å². The van der Waals surface area contributed by atoms with Crippen molar-refractivity contribution in [3.8, 4) is 16.3 Å². The number of nitrogens with zero attached hydrogens (tertiary/aromatic N) is 2. The molecule has 6 nitrogen and oxygen atoms in total. The number of rotatable bonds is 5. The predicted octanol–water partition coefficient (Wildman–Crippen LogP) is 3.19. The normalized spacial score (nSPS) is 17.3. The molecule has 1 saturated heterocycles. The van der Waals surface area contributed by atoms with Crippen LogP contribution in [0, 0.1) is 6.92 Å². The van der Waals surface area contributed by atoms with Crippen molar-refractivity contribution in [3.63, 3.8) is 0 Å². The van der Waals surface area contributed by atoms with Gasteiger partial charge in [-0.05, 0) is 63.2 Å². The van der Waals surface area contributed by atoms with Crippen molar-refractivity contribution < 1.29 is 9.84 Å². The van der Waals surface area contributed by atoms with Gasteiger partial charge in [0, 0.05) is 18.7 Å². The molecule has 2 heterocycles. The van der Waals surface area contributed by atoms with Crippen LogP contribution in [0.3, 0.4) is 0 Å². The van der Waals surface area contributed by atoms with Gasteiger partial charge in [0.1, 0.15) is 10.8 Å². The van der Waals surface area contributed by atoms with Crippen LogP contribution in [0.15, 0.2) is 29.4 Å². The number of thiazole rings is 1. The summed E-state index contributed by atoms with van der Waals surface area (Å²) in [5, 5.41) is 18.3. The smallest absolute Gasteiger partial charge is 0.187 e. The highest BCUT2D eigenvalue weighted by molar-refractivity contribution is 7.80. The number of nitrogens with one attached hydrogen (secondary N) is 2. The Bertz CT molecular complexity index is 796. The van der Waals surface area contributed by atoms with Gasteiger partial charge in [-0.1, -0.05) is 0 Å². The van der Waals surface area contributed by atoms with Crippen LogP contribution < -0.4 is 10.7 Å². The van der Waals surface area contributed by atoms with Crippen molar-refractivity contribution in [2.45, 2.75) is 32.8 Å². The minimum atomic E-state index is 0.233. The number of phenolic OH excluding ortho intramolecular Hbond substituents is 1. The molecule has 1 fully saturated rings. The summed E-state index contributed by atoms with van der Waals surface area (Å²) in [5.41, 5.74) is 5.60. The van der Waals surface area contributed by atoms with Gasteiger partial charge in [-0.25, -0.2) is 4.98 Å². The molecule has 0 unspecified atom stereocenters. The van der Waals surface area contributed by atoms with E-state index in [-0.39, 0.29) is 11.9 Å². The molecule has 0 aliphatic carbocycles. The number of thiocarbonyl (C=S) groups is 1. The van der Waals surface area contributed by atoms with Crippen LogP contribution in [0.4, 0.5) is 0 Å². The molecule has 3 rings (SSSR count). The van der Waals surface area contributed by atoms with E-state index in [1.807, 2.05) is 26.0 Å². The van der Waals surface area contributed by atoms with Crippen molar-refractivity contribution in [2.75, 3.05) is 13.2 Å². The lowest BCUT2D eigenvalue weighted by Crippen LogP contribution is -2.37. The molecule has 3 N–H and O–H groups in total. The summed E-state index contributed by atoms with van der Waals surface area (Å²) < 4.78 is 5.56. The van der Waals surface area contributed by atoms with Crippen molar-refractivity contribution in [3.05, 3.63) is 34.8 Å². The molecular weight excluding hydrogens is 368 g/mol. The summed E-state index contributed by atoms with van der Waals surface area (Å²) in [6.45, 7) is 5.42. The molecule has 0 radical (unpaired) electrons. The van der Waals surface area contributed by atoms with Gasteiger partial charge in [-0.2, -0.15) is 5.10 Å². The van der Waals surface area contributed by atoms with Crippen LogP contribution in [-0.4, -0.2) is 40.2 Å². The second-order valence-corrected chi connectivity index (χ2v) is 7.54. The highest BCUT2D eigenvalue weighted by Gasteiger charge is 2.15. The molecule has 1 aromatic heterocycles. The summed E-state index contributed by atoms with van der Waals surface area (Å²) in [5.74, 6) is 0.244. The van der Waals surface area contributed by atoms with Gasteiger partial charge in [0.15, 0.2) is 5.11 Å². The molecule has 1 atom stereocenters. The molecule has 1 aliphatic rings. The Labute approximate surface area is 162 Å². The topological polar surface area (TPSA) is 78.8 Å². The maximum Gasteiger partial charge on any atom is 0.187 e. The number of hydrogen-bond acceptors (Lipinski definition) is 6. The Hall–Kier alpha value is -2.03. The monoisotopic (exact) mass is 390 g/mol. The van der Waals surface area contributed by atoms with E-state index in [1.165, 1.54) is 0 Å². The number of aromatic hydroxyl groups is 1. The standard InChI is InChI=1S/C18H22N4O2S2/c1-11-16(26-17(20-11)13-5-7-14(23)8-6-13)12(2)21-22-18(25)19-10-15-4-3-9-24-15/h5-8,15,23H,3-4,9-10H2,1-2H3,(H2,19,22,25)/b21-12+/t15-/m0/s1. The fourth-order valence-corrected chi connectivity index (χ4v) is 3.84. The molecular formula is C18H22N4O2S2. The van der Waals surface area contributed by atoms with E-state index in [9.17, 15) is 5.11 Å². The molecule has 138 valence electrons. The third-order valence-electron chi connectivity index (χ3n) is 4.08. The first-order valence-corrected chi connectivity index (χ1v) is 9.72. The fourth-order valence-electron chi connectivity index (χ4n) is 2.70. The number of hydrazone groups is 1. The van der Waals surface area contributed by atoms with Crippen molar-refractivity contribution in [1.29, 1.82) is 0 Å². The first kappa shape index (κ1) is 18.8. The molecule has 1 aliphatic heterocycles.